The van der Waals surface area contributed by atoms with Crippen molar-refractivity contribution in [1.29, 1.82) is 0 Å². The third kappa shape index (κ3) is 7.18. The average molecular weight is 262 g/mol. The fraction of sp³-hybridized carbons (Fsp3) is 1.00. The van der Waals surface area contributed by atoms with Crippen molar-refractivity contribution in [2.24, 2.45) is 0 Å². The van der Waals surface area contributed by atoms with Crippen LogP contribution < -0.4 is 5.32 Å². The van der Waals surface area contributed by atoms with Gasteiger partial charge in [0.2, 0.25) is 0 Å². The third-order valence-corrected chi connectivity index (χ3v) is 3.43. The number of nitrogens with one attached hydrogen (secondary N) is 1. The van der Waals surface area contributed by atoms with Crippen molar-refractivity contribution in [3.8, 4) is 0 Å². The van der Waals surface area contributed by atoms with E-state index < -0.39 is 10.1 Å². The Labute approximate surface area is 119 Å². The summed E-state index contributed by atoms with van der Waals surface area (Å²) >= 11 is 0. The minimum atomic E-state index is -3.47. The fourth-order valence-corrected chi connectivity index (χ4v) is 2.33. The van der Waals surface area contributed by atoms with Crippen molar-refractivity contribution in [2.75, 3.05) is 51.7 Å². The number of nitrogens with zero attached hydrogens (tertiary/aromatic N) is 1. The Kier molecular flexibility index (Phi) is 9.25. The van der Waals surface area contributed by atoms with Crippen LogP contribution in [0.25, 0.3) is 0 Å². The predicted molar refractivity (Wildman–Crippen MR) is 63.3 cm³/mol. The topological polar surface area (TPSA) is 78.9 Å². The molecule has 0 aromatic heterocycles. The zero-order valence-electron chi connectivity index (χ0n) is 8.68. The van der Waals surface area contributed by atoms with E-state index in [9.17, 15) is 8.42 Å². The summed E-state index contributed by atoms with van der Waals surface area (Å²) in [5, 5.41) is 11.6. The summed E-state index contributed by atoms with van der Waals surface area (Å²) in [6.07, 6.45) is 0. The normalized spacial score (nSPS) is 18.1. The molecule has 0 bridgehead atoms. The molecule has 0 atom stereocenters. The molecule has 1 saturated heterocycles. The van der Waals surface area contributed by atoms with E-state index in [0.717, 1.165) is 26.2 Å². The van der Waals surface area contributed by atoms with E-state index in [1.54, 1.807) is 0 Å². The molecule has 1 aliphatic rings. The number of piperazine rings is 1. The molecular formula is C8H19N2NaO4S. The van der Waals surface area contributed by atoms with Gasteiger partial charge in [-0.2, -0.15) is 8.42 Å². The number of rotatable bonds is 6. The van der Waals surface area contributed by atoms with Gasteiger partial charge in [0.1, 0.15) is 0 Å². The first-order valence-corrected chi connectivity index (χ1v) is 6.63. The average Bonchev–Trinajstić information content (AvgIpc) is 2.25. The Bertz CT molecular complexity index is 267. The van der Waals surface area contributed by atoms with Crippen molar-refractivity contribution in [3.05, 3.63) is 0 Å². The quantitative estimate of drug-likeness (QED) is 0.410. The van der Waals surface area contributed by atoms with E-state index in [1.165, 1.54) is 0 Å². The second-order valence-corrected chi connectivity index (χ2v) is 5.16. The second-order valence-electron chi connectivity index (χ2n) is 3.40. The number of aliphatic hydroxyl groups excluding tert-OH is 1. The molecule has 0 amide bonds. The summed E-state index contributed by atoms with van der Waals surface area (Å²) in [6, 6.07) is 0. The summed E-state index contributed by atoms with van der Waals surface area (Å²) < 4.78 is 27.1. The molecule has 0 saturated carbocycles. The zero-order valence-corrected chi connectivity index (χ0v) is 9.50. The Hall–Kier alpha value is 0.790. The first-order valence-electron chi connectivity index (χ1n) is 5.05. The number of aliphatic hydroxyl groups is 1. The van der Waals surface area contributed by atoms with Gasteiger partial charge in [0.05, 0.1) is 19.0 Å². The summed E-state index contributed by atoms with van der Waals surface area (Å²) in [7, 11) is -3.47. The van der Waals surface area contributed by atoms with Crippen LogP contribution in [0.5, 0.6) is 0 Å². The molecule has 0 spiro atoms. The molecule has 1 rings (SSSR count). The van der Waals surface area contributed by atoms with Crippen LogP contribution in [-0.4, -0.2) is 99.7 Å². The summed E-state index contributed by atoms with van der Waals surface area (Å²) in [5.41, 5.74) is 0. The fourth-order valence-electron chi connectivity index (χ4n) is 1.40. The van der Waals surface area contributed by atoms with Gasteiger partial charge in [-0.25, -0.2) is 0 Å². The van der Waals surface area contributed by atoms with Crippen LogP contribution in [0.2, 0.25) is 0 Å². The molecule has 0 aliphatic carbocycles. The van der Waals surface area contributed by atoms with Crippen LogP contribution in [0, 0.1) is 0 Å². The summed E-state index contributed by atoms with van der Waals surface area (Å²) in [4.78, 5) is 2.08. The molecular weight excluding hydrogens is 243 g/mol. The van der Waals surface area contributed by atoms with Gasteiger partial charge in [-0.1, -0.05) is 0 Å². The summed E-state index contributed by atoms with van der Waals surface area (Å²) in [6.45, 7) is 3.62. The van der Waals surface area contributed by atoms with Gasteiger partial charge in [-0.15, -0.1) is 0 Å². The van der Waals surface area contributed by atoms with Crippen LogP contribution in [0.3, 0.4) is 0 Å². The Morgan fingerprint density at radius 1 is 1.31 bits per heavy atom. The van der Waals surface area contributed by atoms with E-state index in [0.29, 0.717) is 6.54 Å². The molecule has 16 heavy (non-hydrogen) atoms. The number of hydrogen-bond acceptors (Lipinski definition) is 6. The molecule has 92 valence electrons. The number of hydrogen-bond donors (Lipinski definition) is 2. The van der Waals surface area contributed by atoms with E-state index >= 15 is 0 Å². The Morgan fingerprint density at radius 2 is 1.94 bits per heavy atom. The third-order valence-electron chi connectivity index (χ3n) is 2.22. The molecule has 0 unspecified atom stereocenters. The van der Waals surface area contributed by atoms with Crippen LogP contribution in [0.4, 0.5) is 0 Å². The van der Waals surface area contributed by atoms with Crippen LogP contribution >= 0.6 is 0 Å². The van der Waals surface area contributed by atoms with E-state index in [-0.39, 0.29) is 48.5 Å². The predicted octanol–water partition coefficient (Wildman–Crippen LogP) is -2.42. The molecule has 6 nitrogen and oxygen atoms in total. The van der Waals surface area contributed by atoms with Crippen molar-refractivity contribution in [1.82, 2.24) is 10.2 Å². The van der Waals surface area contributed by atoms with Gasteiger partial charge in [0.15, 0.2) is 0 Å². The Balaban J connectivity index is 0.00000225. The van der Waals surface area contributed by atoms with E-state index in [2.05, 4.69) is 14.4 Å². The molecule has 0 radical (unpaired) electrons. The summed E-state index contributed by atoms with van der Waals surface area (Å²) in [5.74, 6) is -0.00694. The van der Waals surface area contributed by atoms with Crippen LogP contribution in [-0.2, 0) is 14.3 Å². The molecule has 1 aliphatic heterocycles. The van der Waals surface area contributed by atoms with Crippen molar-refractivity contribution in [2.45, 2.75) is 0 Å². The first-order chi connectivity index (χ1) is 7.14. The van der Waals surface area contributed by atoms with Gasteiger partial charge in [0, 0.05) is 32.7 Å². The van der Waals surface area contributed by atoms with E-state index in [1.807, 2.05) is 0 Å². The maximum absolute atomic E-state index is 11.3. The van der Waals surface area contributed by atoms with Crippen molar-refractivity contribution >= 4 is 39.7 Å². The Morgan fingerprint density at radius 3 is 2.50 bits per heavy atom. The maximum atomic E-state index is 11.3. The zero-order chi connectivity index (χ0) is 11.1. The second kappa shape index (κ2) is 8.82. The molecule has 8 heteroatoms. The molecule has 1 fully saturated rings. The SMILES string of the molecule is O=S(=O)(CCN1CCNCC1)OCCO.[NaH]. The molecule has 1 heterocycles. The van der Waals surface area contributed by atoms with Crippen LogP contribution in [0.15, 0.2) is 0 Å². The molecule has 0 aromatic carbocycles. The van der Waals surface area contributed by atoms with Crippen LogP contribution in [0.1, 0.15) is 0 Å². The van der Waals surface area contributed by atoms with Gasteiger partial charge >= 0.3 is 29.6 Å². The van der Waals surface area contributed by atoms with E-state index in [4.69, 9.17) is 5.11 Å². The molecule has 2 N–H and O–H groups in total. The van der Waals surface area contributed by atoms with Gasteiger partial charge in [-0.3, -0.25) is 9.08 Å². The molecule has 0 aromatic rings. The van der Waals surface area contributed by atoms with Crippen molar-refractivity contribution < 1.29 is 17.7 Å². The minimum absolute atomic E-state index is 0. The van der Waals surface area contributed by atoms with Gasteiger partial charge in [0.25, 0.3) is 10.1 Å². The van der Waals surface area contributed by atoms with Gasteiger partial charge < -0.3 is 10.4 Å². The first kappa shape index (κ1) is 16.8. The monoisotopic (exact) mass is 262 g/mol. The standard InChI is InChI=1S/C8H18N2O4S.Na.H/c11-6-7-14-15(12,13)8-5-10-3-1-9-2-4-10;;/h9,11H,1-8H2;;. The van der Waals surface area contributed by atoms with Gasteiger partial charge in [-0.05, 0) is 0 Å². The van der Waals surface area contributed by atoms with Crippen molar-refractivity contribution in [3.63, 3.8) is 0 Å².